The smallest absolute Gasteiger partial charge is 0.322 e. The first-order chi connectivity index (χ1) is 15.8. The number of methoxy groups -OCH3 is 2. The van der Waals surface area contributed by atoms with Crippen molar-refractivity contribution in [3.63, 3.8) is 0 Å². The molecule has 3 aromatic rings. The monoisotopic (exact) mass is 478 g/mol. The maximum absolute atomic E-state index is 13.0. The van der Waals surface area contributed by atoms with Crippen LogP contribution < -0.4 is 5.32 Å². The van der Waals surface area contributed by atoms with E-state index in [0.717, 1.165) is 0 Å². The first-order valence-corrected chi connectivity index (χ1v) is 11.3. The Bertz CT molecular complexity index is 1160. The van der Waals surface area contributed by atoms with Crippen LogP contribution in [0.2, 0.25) is 0 Å². The molecule has 0 saturated heterocycles. The maximum Gasteiger partial charge on any atom is 0.322 e. The van der Waals surface area contributed by atoms with Gasteiger partial charge in [-0.1, -0.05) is 5.10 Å². The summed E-state index contributed by atoms with van der Waals surface area (Å²) in [6, 6.07) is 10.7. The number of rotatable bonds is 11. The molecule has 176 valence electrons. The molecule has 1 heterocycles. The van der Waals surface area contributed by atoms with E-state index in [-0.39, 0.29) is 48.7 Å². The lowest BCUT2D eigenvalue weighted by atomic mass is 10.2. The summed E-state index contributed by atoms with van der Waals surface area (Å²) in [6.07, 6.45) is 0. The lowest BCUT2D eigenvalue weighted by Crippen LogP contribution is -2.36. The van der Waals surface area contributed by atoms with E-state index in [9.17, 15) is 17.6 Å². The SMILES string of the molecule is COCCN(CCOC)S(=O)(=O)c1ccc(C(=O)Nc2nnc(-c3ccc(F)cc3)o2)cc1. The van der Waals surface area contributed by atoms with Gasteiger partial charge in [-0.15, -0.1) is 5.10 Å². The van der Waals surface area contributed by atoms with E-state index >= 15 is 0 Å². The Morgan fingerprint density at radius 3 is 2.18 bits per heavy atom. The Balaban J connectivity index is 1.70. The second-order valence-electron chi connectivity index (χ2n) is 6.79. The van der Waals surface area contributed by atoms with E-state index in [4.69, 9.17) is 13.9 Å². The average Bonchev–Trinajstić information content (AvgIpc) is 3.28. The third-order valence-electron chi connectivity index (χ3n) is 4.58. The molecule has 0 aliphatic rings. The van der Waals surface area contributed by atoms with Gasteiger partial charge in [0.1, 0.15) is 5.82 Å². The molecule has 0 spiro atoms. The van der Waals surface area contributed by atoms with Gasteiger partial charge in [0.2, 0.25) is 15.9 Å². The molecule has 0 fully saturated rings. The molecule has 0 bridgehead atoms. The fourth-order valence-corrected chi connectivity index (χ4v) is 4.23. The number of nitrogens with zero attached hydrogens (tertiary/aromatic N) is 3. The van der Waals surface area contributed by atoms with Crippen molar-refractivity contribution in [1.29, 1.82) is 0 Å². The van der Waals surface area contributed by atoms with Gasteiger partial charge in [-0.25, -0.2) is 12.8 Å². The summed E-state index contributed by atoms with van der Waals surface area (Å²) in [5.41, 5.74) is 0.682. The van der Waals surface area contributed by atoms with Gasteiger partial charge in [0.15, 0.2) is 0 Å². The van der Waals surface area contributed by atoms with Crippen molar-refractivity contribution in [3.05, 3.63) is 59.9 Å². The number of carbonyl (C=O) groups excluding carboxylic acids is 1. The number of anilines is 1. The summed E-state index contributed by atoms with van der Waals surface area (Å²) in [6.45, 7) is 0.789. The maximum atomic E-state index is 13.0. The van der Waals surface area contributed by atoms with Crippen LogP contribution in [0, 0.1) is 5.82 Å². The zero-order chi connectivity index (χ0) is 23.8. The Morgan fingerprint density at radius 1 is 1.00 bits per heavy atom. The standard InChI is InChI=1S/C21H23FN4O6S/c1-30-13-11-26(12-14-31-2)33(28,29)18-9-5-15(6-10-18)19(27)23-21-25-24-20(32-21)16-3-7-17(22)8-4-16/h3-10H,11-14H2,1-2H3,(H,23,25,27). The highest BCUT2D eigenvalue weighted by Crippen LogP contribution is 2.21. The zero-order valence-electron chi connectivity index (χ0n) is 18.0. The molecular formula is C21H23FN4O6S. The number of halogens is 1. The summed E-state index contributed by atoms with van der Waals surface area (Å²) in [4.78, 5) is 12.5. The first-order valence-electron chi connectivity index (χ1n) is 9.84. The minimum absolute atomic E-state index is 0.0302. The van der Waals surface area contributed by atoms with Crippen LogP contribution in [-0.2, 0) is 19.5 Å². The molecule has 0 radical (unpaired) electrons. The Labute approximate surface area is 190 Å². The summed E-state index contributed by atoms with van der Waals surface area (Å²) >= 11 is 0. The summed E-state index contributed by atoms with van der Waals surface area (Å²) < 4.78 is 55.5. The number of amides is 1. The van der Waals surface area contributed by atoms with Gasteiger partial charge in [0, 0.05) is 38.4 Å². The van der Waals surface area contributed by atoms with E-state index < -0.39 is 21.7 Å². The summed E-state index contributed by atoms with van der Waals surface area (Å²) in [5.74, 6) is -0.861. The van der Waals surface area contributed by atoms with Gasteiger partial charge in [-0.2, -0.15) is 4.31 Å². The topological polar surface area (TPSA) is 124 Å². The van der Waals surface area contributed by atoms with E-state index in [1.807, 2.05) is 0 Å². The number of carbonyl (C=O) groups is 1. The molecule has 0 aliphatic heterocycles. The molecule has 1 amide bonds. The number of ether oxygens (including phenoxy) is 2. The van der Waals surface area contributed by atoms with Gasteiger partial charge in [-0.05, 0) is 48.5 Å². The number of benzene rings is 2. The molecule has 0 saturated carbocycles. The predicted molar refractivity (Wildman–Crippen MR) is 117 cm³/mol. The van der Waals surface area contributed by atoms with Crippen molar-refractivity contribution in [2.45, 2.75) is 4.90 Å². The lowest BCUT2D eigenvalue weighted by molar-refractivity contribution is 0.102. The molecule has 1 aromatic heterocycles. The van der Waals surface area contributed by atoms with E-state index in [1.54, 1.807) is 0 Å². The van der Waals surface area contributed by atoms with Crippen molar-refractivity contribution in [1.82, 2.24) is 14.5 Å². The van der Waals surface area contributed by atoms with Gasteiger partial charge < -0.3 is 13.9 Å². The fraction of sp³-hybridized carbons (Fsp3) is 0.286. The van der Waals surface area contributed by atoms with Crippen molar-refractivity contribution < 1.29 is 31.5 Å². The van der Waals surface area contributed by atoms with Crippen LogP contribution in [0.1, 0.15) is 10.4 Å². The average molecular weight is 479 g/mol. The summed E-state index contributed by atoms with van der Waals surface area (Å²) in [7, 11) is -0.830. The first kappa shape index (κ1) is 24.5. The summed E-state index contributed by atoms with van der Waals surface area (Å²) in [5, 5.41) is 10.0. The molecule has 2 aromatic carbocycles. The highest BCUT2D eigenvalue weighted by atomic mass is 32.2. The molecule has 0 atom stereocenters. The number of hydrogen-bond acceptors (Lipinski definition) is 8. The second kappa shape index (κ2) is 11.1. The van der Waals surface area contributed by atoms with Gasteiger partial charge in [-0.3, -0.25) is 10.1 Å². The van der Waals surface area contributed by atoms with E-state index in [2.05, 4.69) is 15.5 Å². The Hall–Kier alpha value is -3.19. The Kier molecular flexibility index (Phi) is 8.22. The van der Waals surface area contributed by atoms with E-state index in [1.165, 1.54) is 67.1 Å². The van der Waals surface area contributed by atoms with Crippen LogP contribution in [0.3, 0.4) is 0 Å². The highest BCUT2D eigenvalue weighted by Gasteiger charge is 2.24. The van der Waals surface area contributed by atoms with Crippen LogP contribution in [0.15, 0.2) is 57.8 Å². The van der Waals surface area contributed by atoms with Gasteiger partial charge in [0.05, 0.1) is 18.1 Å². The Morgan fingerprint density at radius 2 is 1.61 bits per heavy atom. The third kappa shape index (κ3) is 6.20. The zero-order valence-corrected chi connectivity index (χ0v) is 18.8. The molecule has 12 heteroatoms. The van der Waals surface area contributed by atoms with Crippen molar-refractivity contribution >= 4 is 21.9 Å². The number of hydrogen-bond donors (Lipinski definition) is 1. The highest BCUT2D eigenvalue weighted by molar-refractivity contribution is 7.89. The van der Waals surface area contributed by atoms with Crippen LogP contribution in [0.4, 0.5) is 10.4 Å². The molecule has 33 heavy (non-hydrogen) atoms. The van der Waals surface area contributed by atoms with Crippen LogP contribution >= 0.6 is 0 Å². The minimum atomic E-state index is -3.80. The van der Waals surface area contributed by atoms with Crippen LogP contribution in [-0.4, -0.2) is 69.4 Å². The molecule has 0 unspecified atom stereocenters. The van der Waals surface area contributed by atoms with E-state index in [0.29, 0.717) is 5.56 Å². The normalized spacial score (nSPS) is 11.6. The molecule has 1 N–H and O–H groups in total. The molecule has 10 nitrogen and oxygen atoms in total. The third-order valence-corrected chi connectivity index (χ3v) is 6.49. The van der Waals surface area contributed by atoms with Gasteiger partial charge >= 0.3 is 6.01 Å². The number of nitrogens with one attached hydrogen (secondary N) is 1. The minimum Gasteiger partial charge on any atom is -0.403 e. The molecule has 0 aliphatic carbocycles. The predicted octanol–water partition coefficient (Wildman–Crippen LogP) is 2.41. The molecule has 3 rings (SSSR count). The van der Waals surface area contributed by atoms with Crippen molar-refractivity contribution in [2.75, 3.05) is 45.8 Å². The fourth-order valence-electron chi connectivity index (χ4n) is 2.82. The van der Waals surface area contributed by atoms with Crippen LogP contribution in [0.5, 0.6) is 0 Å². The number of aromatic nitrogens is 2. The second-order valence-corrected chi connectivity index (χ2v) is 8.73. The van der Waals surface area contributed by atoms with Crippen molar-refractivity contribution in [3.8, 4) is 11.5 Å². The van der Waals surface area contributed by atoms with Gasteiger partial charge in [0.25, 0.3) is 5.91 Å². The largest absolute Gasteiger partial charge is 0.403 e. The number of sulfonamides is 1. The molecular weight excluding hydrogens is 455 g/mol. The van der Waals surface area contributed by atoms with Crippen molar-refractivity contribution in [2.24, 2.45) is 0 Å². The lowest BCUT2D eigenvalue weighted by Gasteiger charge is -2.21. The van der Waals surface area contributed by atoms with Crippen LogP contribution in [0.25, 0.3) is 11.5 Å². The quantitative estimate of drug-likeness (QED) is 0.446.